The van der Waals surface area contributed by atoms with Crippen LogP contribution in [0.25, 0.3) is 0 Å². The smallest absolute Gasteiger partial charge is 0.320 e. The molecule has 0 aromatic carbocycles. The minimum absolute atomic E-state index is 0.00203. The topological polar surface area (TPSA) is 185 Å². The lowest BCUT2D eigenvalue weighted by Crippen LogP contribution is -2.47. The zero-order valence-corrected chi connectivity index (χ0v) is 29.5. The van der Waals surface area contributed by atoms with Gasteiger partial charge in [0.15, 0.2) is 11.6 Å². The first-order valence-corrected chi connectivity index (χ1v) is 16.4. The van der Waals surface area contributed by atoms with Crippen molar-refractivity contribution in [2.45, 2.75) is 91.6 Å². The van der Waals surface area contributed by atoms with Gasteiger partial charge in [-0.1, -0.05) is 20.8 Å². The molecule has 47 heavy (non-hydrogen) atoms. The summed E-state index contributed by atoms with van der Waals surface area (Å²) in [5, 5.41) is 15.0. The Kier molecular flexibility index (Phi) is 25.3. The lowest BCUT2D eigenvalue weighted by molar-refractivity contribution is -0.140. The summed E-state index contributed by atoms with van der Waals surface area (Å²) in [7, 11) is 0. The molecule has 0 aliphatic heterocycles. The molecule has 14 heteroatoms. The van der Waals surface area contributed by atoms with Crippen LogP contribution in [-0.4, -0.2) is 132 Å². The summed E-state index contributed by atoms with van der Waals surface area (Å²) in [6, 6.07) is -0.763. The lowest BCUT2D eigenvalue weighted by Gasteiger charge is -2.25. The summed E-state index contributed by atoms with van der Waals surface area (Å²) in [5.41, 5.74) is -0.771. The Morgan fingerprint density at radius 1 is 0.596 bits per heavy atom. The molecular weight excluding hydrogens is 616 g/mol. The van der Waals surface area contributed by atoms with Crippen LogP contribution < -0.4 is 10.6 Å². The van der Waals surface area contributed by atoms with Crippen molar-refractivity contribution in [3.8, 4) is 0 Å². The summed E-state index contributed by atoms with van der Waals surface area (Å²) in [6.07, 6.45) is 2.20. The molecule has 0 saturated heterocycles. The third kappa shape index (κ3) is 29.5. The van der Waals surface area contributed by atoms with Crippen molar-refractivity contribution in [1.29, 1.82) is 0 Å². The molecule has 0 aliphatic rings. The second-order valence-electron chi connectivity index (χ2n) is 13.1. The number of carboxylic acid groups (broad SMARTS) is 1. The second-order valence-corrected chi connectivity index (χ2v) is 13.1. The van der Waals surface area contributed by atoms with Crippen LogP contribution in [0, 0.1) is 5.41 Å². The first-order valence-electron chi connectivity index (χ1n) is 16.4. The van der Waals surface area contributed by atoms with Crippen molar-refractivity contribution < 1.29 is 57.5 Å². The molecule has 14 nitrogen and oxygen atoms in total. The maximum Gasteiger partial charge on any atom is 0.320 e. The highest BCUT2D eigenvalue weighted by atomic mass is 16.5. The number of ether oxygens (including phenoxy) is 6. The van der Waals surface area contributed by atoms with E-state index in [-0.39, 0.29) is 81.3 Å². The number of aliphatic carboxylic acids is 1. The number of carbonyl (C=O) groups excluding carboxylic acids is 4. The number of nitrogens with one attached hydrogen (secondary N) is 2. The third-order valence-electron chi connectivity index (χ3n) is 6.36. The highest BCUT2D eigenvalue weighted by Gasteiger charge is 2.24. The Balaban J connectivity index is 3.52. The Morgan fingerprint density at radius 2 is 1.09 bits per heavy atom. The third-order valence-corrected chi connectivity index (χ3v) is 6.36. The standard InChI is InChI=1S/C33H60N2O12/c1-32(2,3)29(38)24-46-21-17-43-15-8-10-27(37)23-45-20-19-44-16-13-34-30(39)25-47-22-18-42-14-7-9-26(36)11-12-28(31(40)41)35-33(4,5)6/h28,35H,7-25H2,1-6H3,(H,34,39)(H,40,41)/t28-/m0/s1. The van der Waals surface area contributed by atoms with Crippen LogP contribution in [0.2, 0.25) is 0 Å². The molecule has 1 atom stereocenters. The SMILES string of the molecule is CC(C)(C)N[C@@H](CCC(=O)CCCOCCOCC(=O)NCCOCCOCC(=O)CCCOCCOCC(=O)C(C)(C)C)C(=O)O. The van der Waals surface area contributed by atoms with Gasteiger partial charge in [-0.3, -0.25) is 29.3 Å². The van der Waals surface area contributed by atoms with Crippen LogP contribution in [-0.2, 0) is 52.4 Å². The van der Waals surface area contributed by atoms with Crippen LogP contribution in [0.5, 0.6) is 0 Å². The summed E-state index contributed by atoms with van der Waals surface area (Å²) < 4.78 is 32.1. The number of carbonyl (C=O) groups is 5. The average Bonchev–Trinajstić information content (AvgIpc) is 2.97. The molecule has 0 unspecified atom stereocenters. The molecule has 0 heterocycles. The molecule has 0 saturated carbocycles. The van der Waals surface area contributed by atoms with E-state index in [1.807, 2.05) is 41.5 Å². The van der Waals surface area contributed by atoms with E-state index in [4.69, 9.17) is 28.4 Å². The molecular formula is C33H60N2O12. The van der Waals surface area contributed by atoms with Gasteiger partial charge >= 0.3 is 5.97 Å². The summed E-state index contributed by atoms with van der Waals surface area (Å²) in [5.74, 6) is -1.24. The zero-order chi connectivity index (χ0) is 35.6. The predicted molar refractivity (Wildman–Crippen MR) is 174 cm³/mol. The number of carboxylic acids is 1. The van der Waals surface area contributed by atoms with E-state index in [0.29, 0.717) is 71.9 Å². The van der Waals surface area contributed by atoms with Gasteiger partial charge < -0.3 is 38.8 Å². The van der Waals surface area contributed by atoms with Crippen molar-refractivity contribution >= 4 is 29.2 Å². The molecule has 1 amide bonds. The highest BCUT2D eigenvalue weighted by molar-refractivity contribution is 5.84. The van der Waals surface area contributed by atoms with Crippen LogP contribution in [0.3, 0.4) is 0 Å². The number of amides is 1. The summed E-state index contributed by atoms with van der Waals surface area (Å²) in [4.78, 5) is 58.8. The fraction of sp³-hybridized carbons (Fsp3) is 0.848. The zero-order valence-electron chi connectivity index (χ0n) is 29.5. The highest BCUT2D eigenvalue weighted by Crippen LogP contribution is 2.14. The number of ketones is 3. The molecule has 0 fully saturated rings. The fourth-order valence-electron chi connectivity index (χ4n) is 3.73. The van der Waals surface area contributed by atoms with Gasteiger partial charge in [0.25, 0.3) is 0 Å². The Bertz CT molecular complexity index is 899. The van der Waals surface area contributed by atoms with Gasteiger partial charge in [-0.05, 0) is 40.0 Å². The first kappa shape index (κ1) is 44.7. The van der Waals surface area contributed by atoms with Gasteiger partial charge in [0, 0.05) is 50.0 Å². The Hall–Kier alpha value is -2.33. The van der Waals surface area contributed by atoms with Crippen LogP contribution in [0.1, 0.15) is 80.1 Å². The molecule has 3 N–H and O–H groups in total. The van der Waals surface area contributed by atoms with Crippen molar-refractivity contribution in [1.82, 2.24) is 10.6 Å². The quantitative estimate of drug-likeness (QED) is 0.0909. The minimum atomic E-state index is -0.966. The van der Waals surface area contributed by atoms with Crippen molar-refractivity contribution in [3.63, 3.8) is 0 Å². The molecule has 274 valence electrons. The van der Waals surface area contributed by atoms with Gasteiger partial charge in [-0.25, -0.2) is 0 Å². The summed E-state index contributed by atoms with van der Waals surface area (Å²) >= 11 is 0. The number of Topliss-reactive ketones (excluding diaryl/α,β-unsaturated/α-hetero) is 3. The molecule has 0 aromatic rings. The van der Waals surface area contributed by atoms with Crippen molar-refractivity contribution in [2.75, 3.05) is 85.8 Å². The largest absolute Gasteiger partial charge is 0.480 e. The number of hydrogen-bond donors (Lipinski definition) is 3. The number of hydrogen-bond acceptors (Lipinski definition) is 12. The summed E-state index contributed by atoms with van der Waals surface area (Å²) in [6.45, 7) is 14.3. The van der Waals surface area contributed by atoms with E-state index in [1.54, 1.807) is 0 Å². The number of rotatable bonds is 31. The van der Waals surface area contributed by atoms with E-state index in [9.17, 15) is 29.1 Å². The van der Waals surface area contributed by atoms with Gasteiger partial charge in [-0.15, -0.1) is 0 Å². The average molecular weight is 677 g/mol. The second kappa shape index (κ2) is 26.6. The van der Waals surface area contributed by atoms with Gasteiger partial charge in [0.2, 0.25) is 5.91 Å². The van der Waals surface area contributed by atoms with E-state index in [1.165, 1.54) is 0 Å². The van der Waals surface area contributed by atoms with Gasteiger partial charge in [0.1, 0.15) is 31.6 Å². The van der Waals surface area contributed by atoms with E-state index in [2.05, 4.69) is 10.6 Å². The van der Waals surface area contributed by atoms with Crippen LogP contribution >= 0.6 is 0 Å². The van der Waals surface area contributed by atoms with E-state index in [0.717, 1.165) is 0 Å². The minimum Gasteiger partial charge on any atom is -0.480 e. The van der Waals surface area contributed by atoms with Crippen molar-refractivity contribution in [3.05, 3.63) is 0 Å². The molecule has 0 radical (unpaired) electrons. The van der Waals surface area contributed by atoms with Crippen molar-refractivity contribution in [2.24, 2.45) is 5.41 Å². The van der Waals surface area contributed by atoms with Crippen LogP contribution in [0.15, 0.2) is 0 Å². The Labute approximate surface area is 280 Å². The normalized spacial score (nSPS) is 12.6. The van der Waals surface area contributed by atoms with Crippen LogP contribution in [0.4, 0.5) is 0 Å². The maximum absolute atomic E-state index is 12.1. The first-order chi connectivity index (χ1) is 22.1. The molecule has 0 bridgehead atoms. The maximum atomic E-state index is 12.1. The molecule has 0 aromatic heterocycles. The molecule has 0 rings (SSSR count). The van der Waals surface area contributed by atoms with E-state index >= 15 is 0 Å². The molecule has 0 spiro atoms. The molecule has 0 aliphatic carbocycles. The monoisotopic (exact) mass is 676 g/mol. The predicted octanol–water partition coefficient (Wildman–Crippen LogP) is 2.14. The van der Waals surface area contributed by atoms with Gasteiger partial charge in [0.05, 0.1) is 46.2 Å². The fourth-order valence-corrected chi connectivity index (χ4v) is 3.73. The lowest BCUT2D eigenvalue weighted by atomic mass is 9.91. The Morgan fingerprint density at radius 3 is 1.62 bits per heavy atom. The van der Waals surface area contributed by atoms with E-state index < -0.39 is 17.4 Å². The van der Waals surface area contributed by atoms with Gasteiger partial charge in [-0.2, -0.15) is 0 Å².